The molecule has 0 aliphatic carbocycles. The highest BCUT2D eigenvalue weighted by molar-refractivity contribution is 5.74. The molecule has 0 amide bonds. The highest BCUT2D eigenvalue weighted by Crippen LogP contribution is 2.39. The fourth-order valence-corrected chi connectivity index (χ4v) is 3.01. The van der Waals surface area contributed by atoms with Crippen LogP contribution in [-0.4, -0.2) is 46.6 Å². The smallest absolute Gasteiger partial charge is 0.315 e. The SMILES string of the molecule is COCOc1c(OC)cc(C=Cc2ccc(CC=C(C)C)c(OC(OC)OC)c2)cc1[N+](=O)[O-]. The molecule has 0 heterocycles. The Hall–Kier alpha value is -3.40. The molecule has 0 saturated heterocycles. The van der Waals surface area contributed by atoms with E-state index in [0.717, 1.165) is 11.1 Å². The first-order valence-electron chi connectivity index (χ1n) is 10.5. The van der Waals surface area contributed by atoms with Crippen LogP contribution in [-0.2, 0) is 20.6 Å². The fraction of sp³-hybridized carbons (Fsp3) is 0.360. The van der Waals surface area contributed by atoms with Crippen LogP contribution in [0.1, 0.15) is 30.5 Å². The van der Waals surface area contributed by atoms with Crippen LogP contribution in [0.5, 0.6) is 17.2 Å². The van der Waals surface area contributed by atoms with E-state index in [1.54, 1.807) is 12.1 Å². The molecule has 9 heteroatoms. The highest BCUT2D eigenvalue weighted by atomic mass is 16.8. The van der Waals surface area contributed by atoms with Crippen molar-refractivity contribution in [2.24, 2.45) is 0 Å². The Morgan fingerprint density at radius 2 is 1.68 bits per heavy atom. The van der Waals surface area contributed by atoms with E-state index < -0.39 is 11.4 Å². The van der Waals surface area contributed by atoms with Crippen molar-refractivity contribution >= 4 is 17.8 Å². The van der Waals surface area contributed by atoms with Crippen molar-refractivity contribution < 1.29 is 33.3 Å². The molecular formula is C25H31NO8. The Balaban J connectivity index is 2.42. The maximum Gasteiger partial charge on any atom is 0.315 e. The van der Waals surface area contributed by atoms with Crippen molar-refractivity contribution in [2.75, 3.05) is 35.2 Å². The Bertz CT molecular complexity index is 1020. The van der Waals surface area contributed by atoms with Gasteiger partial charge in [0.1, 0.15) is 5.75 Å². The van der Waals surface area contributed by atoms with E-state index in [1.807, 2.05) is 38.1 Å². The van der Waals surface area contributed by atoms with Crippen LogP contribution < -0.4 is 14.2 Å². The molecule has 0 aromatic heterocycles. The van der Waals surface area contributed by atoms with Gasteiger partial charge in [0, 0.05) is 27.4 Å². The van der Waals surface area contributed by atoms with Crippen LogP contribution in [0.2, 0.25) is 0 Å². The first kappa shape index (κ1) is 26.8. The molecule has 2 aromatic carbocycles. The maximum absolute atomic E-state index is 11.6. The van der Waals surface area contributed by atoms with Crippen LogP contribution in [0.15, 0.2) is 42.0 Å². The number of ether oxygens (including phenoxy) is 6. The largest absolute Gasteiger partial charge is 0.493 e. The minimum absolute atomic E-state index is 0.0102. The van der Waals surface area contributed by atoms with Gasteiger partial charge in [0.15, 0.2) is 12.5 Å². The first-order chi connectivity index (χ1) is 16.3. The number of nitrogens with zero attached hydrogens (tertiary/aromatic N) is 1. The zero-order valence-electron chi connectivity index (χ0n) is 20.3. The molecule has 2 rings (SSSR count). The Morgan fingerprint density at radius 3 is 2.26 bits per heavy atom. The second kappa shape index (κ2) is 13.3. The summed E-state index contributed by atoms with van der Waals surface area (Å²) in [5.74, 6) is 0.853. The van der Waals surface area contributed by atoms with Crippen molar-refractivity contribution in [2.45, 2.75) is 26.7 Å². The summed E-state index contributed by atoms with van der Waals surface area (Å²) in [5.41, 5.74) is 3.33. The van der Waals surface area contributed by atoms with E-state index >= 15 is 0 Å². The maximum atomic E-state index is 11.6. The number of nitro groups is 1. The lowest BCUT2D eigenvalue weighted by molar-refractivity contribution is -0.386. The van der Waals surface area contributed by atoms with Crippen LogP contribution in [0, 0.1) is 10.1 Å². The summed E-state index contributed by atoms with van der Waals surface area (Å²) in [7, 11) is 5.84. The van der Waals surface area contributed by atoms with E-state index in [0.29, 0.717) is 17.7 Å². The molecule has 0 radical (unpaired) electrons. The summed E-state index contributed by atoms with van der Waals surface area (Å²) in [6, 6.07) is 8.82. The molecule has 0 fully saturated rings. The summed E-state index contributed by atoms with van der Waals surface area (Å²) in [5, 5.41) is 11.6. The zero-order valence-corrected chi connectivity index (χ0v) is 20.3. The summed E-state index contributed by atoms with van der Waals surface area (Å²) in [6.07, 6.45) is 6.36. The Kier molecular flexibility index (Phi) is 10.5. The summed E-state index contributed by atoms with van der Waals surface area (Å²) < 4.78 is 31.7. The van der Waals surface area contributed by atoms with Crippen LogP contribution in [0.25, 0.3) is 12.2 Å². The summed E-state index contributed by atoms with van der Waals surface area (Å²) in [4.78, 5) is 11.1. The second-order valence-electron chi connectivity index (χ2n) is 7.44. The Morgan fingerprint density at radius 1 is 1.00 bits per heavy atom. The number of hydrogen-bond donors (Lipinski definition) is 0. The number of rotatable bonds is 13. The van der Waals surface area contributed by atoms with Gasteiger partial charge in [-0.05, 0) is 49.1 Å². The minimum Gasteiger partial charge on any atom is -0.493 e. The highest BCUT2D eigenvalue weighted by Gasteiger charge is 2.22. The fourth-order valence-electron chi connectivity index (χ4n) is 3.01. The second-order valence-corrected chi connectivity index (χ2v) is 7.44. The van der Waals surface area contributed by atoms with Gasteiger partial charge in [0.2, 0.25) is 5.75 Å². The lowest BCUT2D eigenvalue weighted by Gasteiger charge is -2.18. The van der Waals surface area contributed by atoms with Crippen LogP contribution in [0.3, 0.4) is 0 Å². The number of benzene rings is 2. The number of allylic oxidation sites excluding steroid dienone is 2. The average molecular weight is 474 g/mol. The van der Waals surface area contributed by atoms with Gasteiger partial charge in [0.05, 0.1) is 12.0 Å². The minimum atomic E-state index is -0.851. The normalized spacial score (nSPS) is 11.0. The van der Waals surface area contributed by atoms with Crippen molar-refractivity contribution in [1.29, 1.82) is 0 Å². The van der Waals surface area contributed by atoms with Gasteiger partial charge in [-0.3, -0.25) is 10.1 Å². The number of nitro benzene ring substituents is 1. The van der Waals surface area contributed by atoms with E-state index in [9.17, 15) is 10.1 Å². The van der Waals surface area contributed by atoms with Gasteiger partial charge in [-0.2, -0.15) is 0 Å². The molecule has 0 saturated carbocycles. The molecule has 0 aliphatic heterocycles. The first-order valence-corrected chi connectivity index (χ1v) is 10.5. The number of methoxy groups -OCH3 is 4. The molecule has 2 aromatic rings. The van der Waals surface area contributed by atoms with Gasteiger partial charge in [0.25, 0.3) is 0 Å². The van der Waals surface area contributed by atoms with Crippen molar-refractivity contribution in [3.8, 4) is 17.2 Å². The lowest BCUT2D eigenvalue weighted by atomic mass is 10.0. The third kappa shape index (κ3) is 7.58. The standard InChI is InChI=1S/C25H31NO8/c1-17(2)7-11-20-12-10-18(14-22(20)34-25(31-5)32-6)8-9-19-13-21(26(27)28)24(33-16-29-3)23(15-19)30-4/h7-10,12-15,25H,11,16H2,1-6H3. The molecule has 0 N–H and O–H groups in total. The predicted molar refractivity (Wildman–Crippen MR) is 129 cm³/mol. The molecule has 0 bridgehead atoms. The third-order valence-electron chi connectivity index (χ3n) is 4.69. The van der Waals surface area contributed by atoms with Crippen LogP contribution >= 0.6 is 0 Å². The zero-order chi connectivity index (χ0) is 25.1. The van der Waals surface area contributed by atoms with Gasteiger partial charge < -0.3 is 28.4 Å². The molecule has 0 atom stereocenters. The lowest BCUT2D eigenvalue weighted by Crippen LogP contribution is -2.21. The quantitative estimate of drug-likeness (QED) is 0.128. The average Bonchev–Trinajstić information content (AvgIpc) is 2.83. The topological polar surface area (TPSA) is 98.5 Å². The van der Waals surface area contributed by atoms with Gasteiger partial charge in [-0.15, -0.1) is 0 Å². The predicted octanol–water partition coefficient (Wildman–Crippen LogP) is 5.22. The Labute approximate surface area is 199 Å². The summed E-state index contributed by atoms with van der Waals surface area (Å²) >= 11 is 0. The van der Waals surface area contributed by atoms with Crippen molar-refractivity contribution in [3.63, 3.8) is 0 Å². The van der Waals surface area contributed by atoms with Crippen molar-refractivity contribution in [3.05, 3.63) is 68.8 Å². The van der Waals surface area contributed by atoms with E-state index in [2.05, 4.69) is 6.08 Å². The molecular weight excluding hydrogens is 442 g/mol. The third-order valence-corrected chi connectivity index (χ3v) is 4.69. The van der Waals surface area contributed by atoms with Crippen LogP contribution in [0.4, 0.5) is 5.69 Å². The monoisotopic (exact) mass is 473 g/mol. The van der Waals surface area contributed by atoms with Gasteiger partial charge >= 0.3 is 12.2 Å². The molecule has 0 unspecified atom stereocenters. The van der Waals surface area contributed by atoms with Crippen molar-refractivity contribution in [1.82, 2.24) is 0 Å². The van der Waals surface area contributed by atoms with Gasteiger partial charge in [-0.1, -0.05) is 35.9 Å². The molecule has 0 aliphatic rings. The molecule has 34 heavy (non-hydrogen) atoms. The van der Waals surface area contributed by atoms with E-state index in [4.69, 9.17) is 28.4 Å². The summed E-state index contributed by atoms with van der Waals surface area (Å²) in [6.45, 7) is 3.07. The van der Waals surface area contributed by atoms with E-state index in [1.165, 1.54) is 40.1 Å². The van der Waals surface area contributed by atoms with Gasteiger partial charge in [-0.25, -0.2) is 0 Å². The molecule has 9 nitrogen and oxygen atoms in total. The molecule has 184 valence electrons. The molecule has 0 spiro atoms. The van der Waals surface area contributed by atoms with E-state index in [-0.39, 0.29) is 24.0 Å². The number of hydrogen-bond acceptors (Lipinski definition) is 8.